The van der Waals surface area contributed by atoms with E-state index in [-0.39, 0.29) is 29.6 Å². The van der Waals surface area contributed by atoms with E-state index in [2.05, 4.69) is 0 Å². The molecule has 6 N–H and O–H groups in total. The number of hydrogen-bond donors (Lipinski definition) is 4. The van der Waals surface area contributed by atoms with Gasteiger partial charge in [0.2, 0.25) is 11.8 Å². The van der Waals surface area contributed by atoms with Gasteiger partial charge in [-0.2, -0.15) is 0 Å². The number of nitrogens with two attached hydrogens (primary N) is 2. The van der Waals surface area contributed by atoms with Gasteiger partial charge in [0.1, 0.15) is 0 Å². The maximum Gasteiger partial charge on any atom is 0.238 e. The summed E-state index contributed by atoms with van der Waals surface area (Å²) in [4.78, 5) is 21.9. The van der Waals surface area contributed by atoms with E-state index in [0.29, 0.717) is 0 Å². The molecular formula is C6H12N4O2. The van der Waals surface area contributed by atoms with Crippen molar-refractivity contribution in [3.63, 3.8) is 0 Å². The lowest BCUT2D eigenvalue weighted by atomic mass is 10.3. The van der Waals surface area contributed by atoms with Crippen LogP contribution in [0.15, 0.2) is 0 Å². The van der Waals surface area contributed by atoms with Crippen LogP contribution in [0.1, 0.15) is 6.92 Å². The van der Waals surface area contributed by atoms with Crippen LogP contribution in [0.4, 0.5) is 0 Å². The van der Waals surface area contributed by atoms with Crippen LogP contribution in [-0.2, 0) is 9.59 Å². The third-order valence-electron chi connectivity index (χ3n) is 2.27. The molecule has 1 aliphatic carbocycles. The first-order chi connectivity index (χ1) is 5.63. The van der Waals surface area contributed by atoms with Gasteiger partial charge < -0.3 is 0 Å². The average Bonchev–Trinajstić information content (AvgIpc) is 2.74. The van der Waals surface area contributed by atoms with Crippen LogP contribution in [0.5, 0.6) is 0 Å². The quantitative estimate of drug-likeness (QED) is 0.216. The zero-order valence-electron chi connectivity index (χ0n) is 6.70. The van der Waals surface area contributed by atoms with Crippen molar-refractivity contribution >= 4 is 11.8 Å². The second-order valence-electron chi connectivity index (χ2n) is 2.93. The Bertz CT molecular complexity index is 196. The highest BCUT2D eigenvalue weighted by Gasteiger charge is 2.55. The van der Waals surface area contributed by atoms with Crippen LogP contribution in [0.3, 0.4) is 0 Å². The van der Waals surface area contributed by atoms with E-state index < -0.39 is 0 Å². The van der Waals surface area contributed by atoms with Gasteiger partial charge in [-0.25, -0.2) is 11.7 Å². The van der Waals surface area contributed by atoms with Crippen LogP contribution < -0.4 is 22.5 Å². The van der Waals surface area contributed by atoms with Gasteiger partial charge in [0.25, 0.3) is 0 Å². The molecule has 0 bridgehead atoms. The number of carbonyl (C=O) groups is 2. The van der Waals surface area contributed by atoms with Crippen molar-refractivity contribution in [2.75, 3.05) is 0 Å². The fraction of sp³-hybridized carbons (Fsp3) is 0.667. The number of carbonyl (C=O) groups excluding carboxylic acids is 2. The Morgan fingerprint density at radius 3 is 1.67 bits per heavy atom. The zero-order valence-corrected chi connectivity index (χ0v) is 6.70. The van der Waals surface area contributed by atoms with E-state index in [9.17, 15) is 9.59 Å². The monoisotopic (exact) mass is 172 g/mol. The number of hydrogen-bond acceptors (Lipinski definition) is 4. The lowest BCUT2D eigenvalue weighted by molar-refractivity contribution is -0.127. The fourth-order valence-electron chi connectivity index (χ4n) is 1.46. The van der Waals surface area contributed by atoms with Gasteiger partial charge in [0, 0.05) is 0 Å². The first-order valence-electron chi connectivity index (χ1n) is 3.64. The van der Waals surface area contributed by atoms with Crippen LogP contribution in [0.2, 0.25) is 0 Å². The third-order valence-corrected chi connectivity index (χ3v) is 2.27. The standard InChI is InChI=1S/C6H12N4O2/c1-2-3(5(11)9-7)4(2)6(12)10-8/h2-4H,7-8H2,1H3,(H,9,11)(H,10,12)/t3-,4-/m1/s1. The first kappa shape index (κ1) is 8.95. The van der Waals surface area contributed by atoms with Gasteiger partial charge in [-0.3, -0.25) is 20.4 Å². The van der Waals surface area contributed by atoms with Crippen molar-refractivity contribution in [2.45, 2.75) is 6.92 Å². The summed E-state index contributed by atoms with van der Waals surface area (Å²) in [5.74, 6) is 8.60. The molecule has 0 aromatic rings. The Morgan fingerprint density at radius 1 is 1.08 bits per heavy atom. The van der Waals surface area contributed by atoms with E-state index in [1.807, 2.05) is 10.9 Å². The minimum Gasteiger partial charge on any atom is -0.294 e. The number of amides is 2. The molecule has 0 spiro atoms. The molecule has 2 atom stereocenters. The highest BCUT2D eigenvalue weighted by Crippen LogP contribution is 2.45. The van der Waals surface area contributed by atoms with E-state index in [1.54, 1.807) is 6.92 Å². The van der Waals surface area contributed by atoms with Crippen molar-refractivity contribution in [2.24, 2.45) is 29.4 Å². The lowest BCUT2D eigenvalue weighted by Gasteiger charge is -1.96. The molecule has 1 rings (SSSR count). The number of nitrogens with one attached hydrogen (secondary N) is 2. The van der Waals surface area contributed by atoms with Gasteiger partial charge in [-0.1, -0.05) is 6.92 Å². The Labute approximate surface area is 69.6 Å². The highest BCUT2D eigenvalue weighted by molar-refractivity contribution is 5.92. The van der Waals surface area contributed by atoms with Crippen molar-refractivity contribution in [3.8, 4) is 0 Å². The summed E-state index contributed by atoms with van der Waals surface area (Å²) in [6, 6.07) is 0. The maximum atomic E-state index is 11.0. The van der Waals surface area contributed by atoms with Gasteiger partial charge >= 0.3 is 0 Å². The second-order valence-corrected chi connectivity index (χ2v) is 2.93. The Morgan fingerprint density at radius 2 is 1.42 bits per heavy atom. The highest BCUT2D eigenvalue weighted by atomic mass is 16.2. The van der Waals surface area contributed by atoms with Crippen molar-refractivity contribution in [1.82, 2.24) is 10.9 Å². The topological polar surface area (TPSA) is 110 Å². The van der Waals surface area contributed by atoms with Gasteiger partial charge in [-0.15, -0.1) is 0 Å². The van der Waals surface area contributed by atoms with Gasteiger partial charge in [0.15, 0.2) is 0 Å². The summed E-state index contributed by atoms with van der Waals surface area (Å²) in [5.41, 5.74) is 4.01. The lowest BCUT2D eigenvalue weighted by Crippen LogP contribution is -2.36. The molecule has 2 amide bonds. The molecule has 0 aromatic heterocycles. The molecule has 0 radical (unpaired) electrons. The summed E-state index contributed by atoms with van der Waals surface area (Å²) in [7, 11) is 0. The van der Waals surface area contributed by atoms with Crippen LogP contribution >= 0.6 is 0 Å². The molecule has 12 heavy (non-hydrogen) atoms. The van der Waals surface area contributed by atoms with Crippen LogP contribution in [0.25, 0.3) is 0 Å². The fourth-order valence-corrected chi connectivity index (χ4v) is 1.46. The molecule has 0 unspecified atom stereocenters. The Kier molecular flexibility index (Phi) is 2.30. The van der Waals surface area contributed by atoms with Gasteiger partial charge in [-0.05, 0) is 5.92 Å². The van der Waals surface area contributed by atoms with E-state index in [4.69, 9.17) is 11.7 Å². The predicted molar refractivity (Wildman–Crippen MR) is 40.8 cm³/mol. The molecule has 1 fully saturated rings. The number of hydrazine groups is 2. The average molecular weight is 172 g/mol. The normalized spacial score (nSPS) is 32.4. The molecule has 0 saturated heterocycles. The van der Waals surface area contributed by atoms with E-state index in [1.165, 1.54) is 0 Å². The predicted octanol–water partition coefficient (Wildman–Crippen LogP) is -2.15. The van der Waals surface area contributed by atoms with Crippen LogP contribution in [-0.4, -0.2) is 11.8 Å². The summed E-state index contributed by atoms with van der Waals surface area (Å²) in [6.07, 6.45) is 0. The summed E-state index contributed by atoms with van der Waals surface area (Å²) in [6.45, 7) is 1.81. The Hall–Kier alpha value is -1.14. The molecular weight excluding hydrogens is 160 g/mol. The third kappa shape index (κ3) is 1.26. The van der Waals surface area contributed by atoms with Crippen molar-refractivity contribution < 1.29 is 9.59 Å². The molecule has 1 aliphatic rings. The van der Waals surface area contributed by atoms with E-state index in [0.717, 1.165) is 0 Å². The van der Waals surface area contributed by atoms with Crippen molar-refractivity contribution in [1.29, 1.82) is 0 Å². The molecule has 0 aliphatic heterocycles. The molecule has 0 heterocycles. The second kappa shape index (κ2) is 3.08. The van der Waals surface area contributed by atoms with Gasteiger partial charge in [0.05, 0.1) is 11.8 Å². The smallest absolute Gasteiger partial charge is 0.238 e. The molecule has 0 aromatic carbocycles. The van der Waals surface area contributed by atoms with E-state index >= 15 is 0 Å². The molecule has 6 nitrogen and oxygen atoms in total. The Balaban J connectivity index is 2.53. The maximum absolute atomic E-state index is 11.0. The molecule has 68 valence electrons. The molecule has 6 heteroatoms. The zero-order chi connectivity index (χ0) is 9.30. The number of rotatable bonds is 2. The summed E-state index contributed by atoms with van der Waals surface area (Å²) < 4.78 is 0. The largest absolute Gasteiger partial charge is 0.294 e. The minimum absolute atomic E-state index is 0.0251. The minimum atomic E-state index is -0.321. The SMILES string of the molecule is CC1[C@@H](C(=O)NN)[C@@H]1C(=O)NN. The molecule has 1 saturated carbocycles. The summed E-state index contributed by atoms with van der Waals surface area (Å²) in [5, 5.41) is 0. The summed E-state index contributed by atoms with van der Waals surface area (Å²) >= 11 is 0. The van der Waals surface area contributed by atoms with Crippen molar-refractivity contribution in [3.05, 3.63) is 0 Å². The van der Waals surface area contributed by atoms with Crippen LogP contribution in [0, 0.1) is 17.8 Å². The first-order valence-corrected chi connectivity index (χ1v) is 3.64.